The molecule has 3 saturated heterocycles. The maximum Gasteiger partial charge on any atom is 0.254 e. The first-order valence-corrected chi connectivity index (χ1v) is 42.3. The van der Waals surface area contributed by atoms with Crippen molar-refractivity contribution in [3.63, 3.8) is 0 Å². The number of nitrogens with zero attached hydrogens (tertiary/aromatic N) is 8. The van der Waals surface area contributed by atoms with Gasteiger partial charge in [-0.2, -0.15) is 20.4 Å². The van der Waals surface area contributed by atoms with Crippen LogP contribution in [-0.2, 0) is 40.4 Å². The van der Waals surface area contributed by atoms with E-state index in [9.17, 15) is 38.4 Å². The van der Waals surface area contributed by atoms with Crippen LogP contribution in [0.25, 0.3) is 45.0 Å². The molecule has 4 aromatic heterocycles. The van der Waals surface area contributed by atoms with Crippen molar-refractivity contribution < 1.29 is 52.6 Å². The van der Waals surface area contributed by atoms with E-state index >= 15 is 0 Å². The zero-order chi connectivity index (χ0) is 90.3. The number of primary amides is 4. The smallest absolute Gasteiger partial charge is 0.254 e. The van der Waals surface area contributed by atoms with Crippen molar-refractivity contribution in [3.8, 4) is 45.0 Å². The molecule has 3 aliphatic heterocycles. The number of amides is 8. The van der Waals surface area contributed by atoms with Crippen LogP contribution in [0.2, 0.25) is 0 Å². The van der Waals surface area contributed by atoms with Crippen LogP contribution in [0.15, 0.2) is 194 Å². The molecule has 658 valence electrons. The molecule has 31 nitrogen and oxygen atoms in total. The molecule has 0 spiro atoms. The van der Waals surface area contributed by atoms with E-state index in [0.717, 1.165) is 112 Å². The van der Waals surface area contributed by atoms with Crippen molar-refractivity contribution in [2.24, 2.45) is 28.9 Å². The lowest BCUT2D eigenvalue weighted by Gasteiger charge is -2.29. The molecule has 127 heavy (non-hydrogen) atoms. The van der Waals surface area contributed by atoms with E-state index in [4.69, 9.17) is 65.2 Å². The summed E-state index contributed by atoms with van der Waals surface area (Å²) in [4.78, 5) is 98.2. The molecule has 20 N–H and O–H groups in total. The molecule has 16 rings (SSSR count). The van der Waals surface area contributed by atoms with Gasteiger partial charge in [-0.25, -0.2) is 18.7 Å². The topological polar surface area (TPSA) is 492 Å². The summed E-state index contributed by atoms with van der Waals surface area (Å²) in [7, 11) is 0. The summed E-state index contributed by atoms with van der Waals surface area (Å²) in [6, 6.07) is 60.2. The van der Waals surface area contributed by atoms with Crippen LogP contribution in [0.3, 0.4) is 0 Å². The Bertz CT molecular complexity index is 6000. The van der Waals surface area contributed by atoms with E-state index in [-0.39, 0.29) is 99.5 Å². The molecule has 0 radical (unpaired) electrons. The van der Waals surface area contributed by atoms with Gasteiger partial charge >= 0.3 is 0 Å². The standard InChI is InChI=1S/2C25H29N5O3.C23H25N5O3.C23H25N5O2/c1-15-5-3-4-6-19(15)25(32)28-13-17-7-9-18(10-8-17)22-21(24(27)31)23(26)30(29-22)20-11-12-33-14-16(20)2;1-15-5-3-4-6-20(15)25(32)28-14-17-7-9-18(10-8-17)22-21(24(27)31)23(26)30(29-22)19-11-12-33-16(2)13-19;1-14-4-2-3-5-18(14)23(30)26-12-15-6-8-16(9-7-15)20-19(22(25)29)21(24)28(27-20)17-10-11-31-13-17;1-14-5-2-3-8-18(14)23(30)26-13-15-9-11-16(12-10-15)20-19(22(25)29)21(24)28(27-20)17-6-4-7-17/h3-10,16,20H,11-14,26H2,1-2H3,(H2,27,31)(H,28,32);3-10,16,19H,11-14,26H2,1-2H3,(H2,27,31)(H,28,32);2-9,17H,10-13,24H2,1H3,(H2,25,29)(H,26,30);2-3,5,8-12,17H,4,6-7,13,24H2,1H3,(H2,25,29)(H,26,30). The van der Waals surface area contributed by atoms with E-state index in [1.54, 1.807) is 36.9 Å². The number of rotatable bonds is 24. The average Bonchev–Trinajstić information content (AvgIpc) is 1.64. The van der Waals surface area contributed by atoms with Gasteiger partial charge in [-0.1, -0.05) is 177 Å². The monoisotopic (exact) mass is 1720 g/mol. The second-order valence-electron chi connectivity index (χ2n) is 32.3. The summed E-state index contributed by atoms with van der Waals surface area (Å²) in [6.07, 6.45) is 6.33. The molecule has 1 aliphatic carbocycles. The third-order valence-electron chi connectivity index (χ3n) is 23.4. The number of carbonyl (C=O) groups is 8. The summed E-state index contributed by atoms with van der Waals surface area (Å²) < 4.78 is 23.4. The third kappa shape index (κ3) is 21.1. The van der Waals surface area contributed by atoms with Crippen molar-refractivity contribution in [1.82, 2.24) is 60.4 Å². The maximum atomic E-state index is 12.5. The van der Waals surface area contributed by atoms with Gasteiger partial charge in [0.15, 0.2) is 0 Å². The SMILES string of the molecule is Cc1ccccc1C(=O)NCc1ccc(-c2nn(C3CCC3)c(N)c2C(N)=O)cc1.Cc1ccccc1C(=O)NCc1ccc(-c2nn(C3CCOC(C)C3)c(N)c2C(N)=O)cc1.Cc1ccccc1C(=O)NCc1ccc(-c2nn(C3CCOC3)c(N)c2C(N)=O)cc1.Cc1ccccc1C(=O)NCc1ccc(-c2nn(C3CCOCC3C)c(N)c2C(N)=O)cc1. The van der Waals surface area contributed by atoms with E-state index in [2.05, 4.69) is 43.5 Å². The van der Waals surface area contributed by atoms with Gasteiger partial charge < -0.3 is 81.3 Å². The van der Waals surface area contributed by atoms with Crippen LogP contribution in [0.1, 0.15) is 210 Å². The Labute approximate surface area is 735 Å². The number of nitrogen functional groups attached to an aromatic ring is 4. The number of aromatic nitrogens is 8. The van der Waals surface area contributed by atoms with Crippen molar-refractivity contribution in [2.75, 3.05) is 56.0 Å². The van der Waals surface area contributed by atoms with Gasteiger partial charge in [0.05, 0.1) is 43.5 Å². The molecule has 8 aromatic carbocycles. The zero-order valence-corrected chi connectivity index (χ0v) is 71.9. The van der Waals surface area contributed by atoms with Gasteiger partial charge in [-0.3, -0.25) is 38.4 Å². The van der Waals surface area contributed by atoms with Gasteiger partial charge in [-0.05, 0) is 148 Å². The highest BCUT2D eigenvalue weighted by Crippen LogP contribution is 2.40. The molecule has 0 bridgehead atoms. The Hall–Kier alpha value is -14.6. The van der Waals surface area contributed by atoms with Gasteiger partial charge in [0.2, 0.25) is 0 Å². The van der Waals surface area contributed by atoms with E-state index < -0.39 is 23.6 Å². The predicted molar refractivity (Wildman–Crippen MR) is 486 cm³/mol. The fourth-order valence-electron chi connectivity index (χ4n) is 16.0. The predicted octanol–water partition coefficient (Wildman–Crippen LogP) is 11.9. The highest BCUT2D eigenvalue weighted by Gasteiger charge is 2.34. The van der Waals surface area contributed by atoms with Crippen molar-refractivity contribution in [3.05, 3.63) is 283 Å². The van der Waals surface area contributed by atoms with Crippen LogP contribution in [0.5, 0.6) is 0 Å². The van der Waals surface area contributed by atoms with E-state index in [1.807, 2.05) is 211 Å². The third-order valence-corrected chi connectivity index (χ3v) is 23.4. The average molecular weight is 1720 g/mol. The van der Waals surface area contributed by atoms with Gasteiger partial charge in [0.25, 0.3) is 47.3 Å². The number of nitrogens with one attached hydrogen (secondary N) is 4. The number of hydrogen-bond acceptors (Lipinski definition) is 19. The summed E-state index contributed by atoms with van der Waals surface area (Å²) in [5, 5.41) is 30.3. The molecule has 12 aromatic rings. The van der Waals surface area contributed by atoms with Crippen LogP contribution in [-0.4, -0.2) is 126 Å². The van der Waals surface area contributed by atoms with Gasteiger partial charge in [0.1, 0.15) is 68.3 Å². The first kappa shape index (κ1) is 90.2. The first-order valence-electron chi connectivity index (χ1n) is 42.3. The first-order chi connectivity index (χ1) is 61.1. The minimum absolute atomic E-state index is 0.0113. The summed E-state index contributed by atoms with van der Waals surface area (Å²) in [5.74, 6) is -1.52. The van der Waals surface area contributed by atoms with E-state index in [0.29, 0.717) is 110 Å². The Morgan fingerprint density at radius 1 is 0.346 bits per heavy atom. The summed E-state index contributed by atoms with van der Waals surface area (Å²) in [5.41, 5.74) is 63.4. The molecule has 31 heteroatoms. The fourth-order valence-corrected chi connectivity index (χ4v) is 16.0. The number of nitrogens with two attached hydrogens (primary N) is 8. The lowest BCUT2D eigenvalue weighted by atomic mass is 9.93. The highest BCUT2D eigenvalue weighted by molar-refractivity contribution is 6.06. The molecule has 4 fully saturated rings. The molecule has 5 atom stereocenters. The molecular formula is C96H108N20O11. The minimum atomic E-state index is -0.618. The van der Waals surface area contributed by atoms with E-state index in [1.165, 1.54) is 0 Å². The highest BCUT2D eigenvalue weighted by atomic mass is 16.5. The number of ether oxygens (including phenoxy) is 3. The summed E-state index contributed by atoms with van der Waals surface area (Å²) >= 11 is 0. The van der Waals surface area contributed by atoms with Crippen molar-refractivity contribution >= 4 is 70.5 Å². The number of hydrogen-bond donors (Lipinski definition) is 12. The molecular weight excluding hydrogens is 1610 g/mol. The lowest BCUT2D eigenvalue weighted by molar-refractivity contribution is 0.00402. The number of anilines is 4. The molecule has 4 aliphatic rings. The quantitative estimate of drug-likeness (QED) is 0.0267. The molecule has 8 amide bonds. The number of benzene rings is 8. The second kappa shape index (κ2) is 40.8. The Balaban J connectivity index is 0.000000145. The van der Waals surface area contributed by atoms with Crippen molar-refractivity contribution in [2.45, 2.75) is 143 Å². The van der Waals surface area contributed by atoms with Gasteiger partial charge in [-0.15, -0.1) is 0 Å². The molecule has 5 unspecified atom stereocenters. The van der Waals surface area contributed by atoms with Crippen LogP contribution >= 0.6 is 0 Å². The minimum Gasteiger partial charge on any atom is -0.383 e. The summed E-state index contributed by atoms with van der Waals surface area (Å²) in [6.45, 7) is 16.3. The number of aryl methyl sites for hydroxylation is 4. The van der Waals surface area contributed by atoms with Crippen LogP contribution in [0.4, 0.5) is 23.3 Å². The normalized spacial score (nSPS) is 16.5. The zero-order valence-electron chi connectivity index (χ0n) is 71.9. The van der Waals surface area contributed by atoms with Crippen LogP contribution < -0.4 is 67.1 Å². The van der Waals surface area contributed by atoms with Gasteiger partial charge in [0, 0.05) is 96.4 Å². The molecule has 7 heterocycles. The molecule has 1 saturated carbocycles. The van der Waals surface area contributed by atoms with Crippen molar-refractivity contribution in [1.29, 1.82) is 0 Å². The Morgan fingerprint density at radius 3 is 0.913 bits per heavy atom. The fraction of sp³-hybridized carbons (Fsp3) is 0.292. The Kier molecular flexibility index (Phi) is 29.0. The maximum absolute atomic E-state index is 12.5. The lowest BCUT2D eigenvalue weighted by Crippen LogP contribution is -2.29. The largest absolute Gasteiger partial charge is 0.383 e. The second-order valence-corrected chi connectivity index (χ2v) is 32.3. The Morgan fingerprint density at radius 2 is 0.630 bits per heavy atom. The van der Waals surface area contributed by atoms with Crippen LogP contribution in [0, 0.1) is 33.6 Å². The number of carbonyl (C=O) groups excluding carboxylic acids is 8.